The lowest BCUT2D eigenvalue weighted by molar-refractivity contribution is -0.140. The van der Waals surface area contributed by atoms with Crippen molar-refractivity contribution in [1.82, 2.24) is 0 Å². The quantitative estimate of drug-likeness (QED) is 0.139. The molecule has 0 saturated carbocycles. The maximum atomic E-state index is 12.2. The molecular weight excluding hydrogens is 580 g/mol. The molecule has 1 fully saturated rings. The summed E-state index contributed by atoms with van der Waals surface area (Å²) in [5, 5.41) is 0. The number of rotatable bonds is 17. The minimum absolute atomic E-state index is 0.128. The number of unbranched alkanes of at least 4 members (excludes halogenated alkanes) is 3. The van der Waals surface area contributed by atoms with Crippen molar-refractivity contribution in [2.75, 3.05) is 31.4 Å². The van der Waals surface area contributed by atoms with Crippen molar-refractivity contribution in [3.8, 4) is 5.75 Å². The Morgan fingerprint density at radius 1 is 0.756 bits per heavy atom. The van der Waals surface area contributed by atoms with Crippen LogP contribution in [0.4, 0.5) is 4.39 Å². The summed E-state index contributed by atoms with van der Waals surface area (Å²) in [6, 6.07) is 30.9. The fraction of sp³-hybridized carbons (Fsp3) is 0.500. The van der Waals surface area contributed by atoms with Crippen molar-refractivity contribution in [3.63, 3.8) is 0 Å². The molecule has 1 aliphatic carbocycles. The third-order valence-electron chi connectivity index (χ3n) is 9.10. The van der Waals surface area contributed by atoms with Crippen LogP contribution in [-0.4, -0.2) is 37.7 Å². The van der Waals surface area contributed by atoms with E-state index in [0.29, 0.717) is 24.2 Å². The molecule has 3 aromatic carbocycles. The third-order valence-corrected chi connectivity index (χ3v) is 10.3. The number of hydrogen-bond donors (Lipinski definition) is 0. The van der Waals surface area contributed by atoms with Gasteiger partial charge in [0.05, 0.1) is 25.6 Å². The molecule has 1 heterocycles. The molecule has 5 rings (SSSR count). The van der Waals surface area contributed by atoms with Gasteiger partial charge in [-0.1, -0.05) is 72.8 Å². The van der Waals surface area contributed by atoms with Crippen molar-refractivity contribution in [1.29, 1.82) is 0 Å². The Morgan fingerprint density at radius 3 is 2.24 bits per heavy atom. The van der Waals surface area contributed by atoms with Crippen molar-refractivity contribution in [2.45, 2.75) is 88.8 Å². The molecule has 1 aliphatic heterocycles. The highest BCUT2D eigenvalue weighted by Gasteiger charge is 2.34. The number of hydrogen-bond acceptors (Lipinski definition) is 4. The fourth-order valence-electron chi connectivity index (χ4n) is 6.76. The van der Waals surface area contributed by atoms with Crippen LogP contribution >= 0.6 is 11.8 Å². The van der Waals surface area contributed by atoms with E-state index in [9.17, 15) is 4.39 Å². The van der Waals surface area contributed by atoms with Gasteiger partial charge >= 0.3 is 0 Å². The van der Waals surface area contributed by atoms with E-state index in [1.807, 2.05) is 11.8 Å². The molecule has 242 valence electrons. The Balaban J connectivity index is 1.27. The lowest BCUT2D eigenvalue weighted by atomic mass is 9.71. The van der Waals surface area contributed by atoms with Crippen molar-refractivity contribution in [2.24, 2.45) is 5.92 Å². The smallest absolute Gasteiger partial charge is 0.199 e. The van der Waals surface area contributed by atoms with Crippen molar-refractivity contribution >= 4 is 11.8 Å². The summed E-state index contributed by atoms with van der Waals surface area (Å²) < 4.78 is 30.9. The molecule has 1 saturated heterocycles. The van der Waals surface area contributed by atoms with Crippen LogP contribution in [0.1, 0.15) is 92.7 Å². The highest BCUT2D eigenvalue weighted by atomic mass is 32.2. The lowest BCUT2D eigenvalue weighted by Crippen LogP contribution is -2.22. The van der Waals surface area contributed by atoms with Crippen molar-refractivity contribution in [3.05, 3.63) is 113 Å². The monoisotopic (exact) mass is 630 g/mol. The number of allylic oxidation sites excluding steroid dienone is 2. The van der Waals surface area contributed by atoms with E-state index in [1.165, 1.54) is 29.5 Å². The Kier molecular flexibility index (Phi) is 14.2. The van der Waals surface area contributed by atoms with E-state index in [1.54, 1.807) is 0 Å². The van der Waals surface area contributed by atoms with Gasteiger partial charge in [-0.2, -0.15) is 11.8 Å². The minimum atomic E-state index is -0.189. The second-order valence-electron chi connectivity index (χ2n) is 12.5. The summed E-state index contributed by atoms with van der Waals surface area (Å²) in [6.45, 7) is 1.34. The summed E-state index contributed by atoms with van der Waals surface area (Å²) in [4.78, 5) is 0. The van der Waals surface area contributed by atoms with Crippen molar-refractivity contribution < 1.29 is 18.6 Å². The average molecular weight is 631 g/mol. The summed E-state index contributed by atoms with van der Waals surface area (Å²) >= 11 is 1.95. The molecule has 3 aromatic rings. The van der Waals surface area contributed by atoms with E-state index in [-0.39, 0.29) is 13.0 Å². The first-order valence-corrected chi connectivity index (χ1v) is 18.4. The lowest BCUT2D eigenvalue weighted by Gasteiger charge is -2.32. The zero-order valence-electron chi connectivity index (χ0n) is 26.8. The van der Waals surface area contributed by atoms with Gasteiger partial charge in [0.1, 0.15) is 5.75 Å². The molecule has 5 heteroatoms. The number of halogens is 1. The van der Waals surface area contributed by atoms with Crippen LogP contribution in [0.5, 0.6) is 5.75 Å². The van der Waals surface area contributed by atoms with Gasteiger partial charge in [0, 0.05) is 12.8 Å². The minimum Gasteiger partial charge on any atom is -0.494 e. The van der Waals surface area contributed by atoms with E-state index in [4.69, 9.17) is 14.2 Å². The van der Waals surface area contributed by atoms with E-state index < -0.39 is 0 Å². The second kappa shape index (κ2) is 19.0. The first kappa shape index (κ1) is 33.6. The largest absolute Gasteiger partial charge is 0.494 e. The predicted octanol–water partition coefficient (Wildman–Crippen LogP) is 10.7. The van der Waals surface area contributed by atoms with Gasteiger partial charge in [-0.05, 0) is 122 Å². The molecular formula is C40H51FO3S. The first-order valence-electron chi connectivity index (χ1n) is 17.2. The number of thioether (sulfide) groups is 1. The molecule has 4 atom stereocenters. The molecule has 2 aliphatic rings. The van der Waals surface area contributed by atoms with Gasteiger partial charge in [0.15, 0.2) is 6.29 Å². The molecule has 4 unspecified atom stereocenters. The normalized spacial score (nSPS) is 21.9. The van der Waals surface area contributed by atoms with Gasteiger partial charge in [-0.15, -0.1) is 0 Å². The second-order valence-corrected chi connectivity index (χ2v) is 13.7. The molecule has 0 bridgehead atoms. The fourth-order valence-corrected chi connectivity index (χ4v) is 7.78. The summed E-state index contributed by atoms with van der Waals surface area (Å²) in [6.07, 6.45) is 13.6. The first-order chi connectivity index (χ1) is 22.3. The highest BCUT2D eigenvalue weighted by Crippen LogP contribution is 2.47. The van der Waals surface area contributed by atoms with Gasteiger partial charge in [-0.3, -0.25) is 4.39 Å². The topological polar surface area (TPSA) is 27.7 Å². The van der Waals surface area contributed by atoms with E-state index in [2.05, 4.69) is 91.0 Å². The zero-order valence-corrected chi connectivity index (χ0v) is 27.6. The zero-order chi connectivity index (χ0) is 30.9. The molecule has 45 heavy (non-hydrogen) atoms. The molecule has 0 N–H and O–H groups in total. The summed E-state index contributed by atoms with van der Waals surface area (Å²) in [5.74, 6) is 5.23. The maximum absolute atomic E-state index is 12.2. The van der Waals surface area contributed by atoms with Crippen LogP contribution in [0.15, 0.2) is 96.8 Å². The van der Waals surface area contributed by atoms with E-state index >= 15 is 0 Å². The summed E-state index contributed by atoms with van der Waals surface area (Å²) in [5.41, 5.74) is 4.10. The van der Waals surface area contributed by atoms with Crippen LogP contribution in [0.25, 0.3) is 0 Å². The van der Waals surface area contributed by atoms with Crippen LogP contribution < -0.4 is 4.74 Å². The molecule has 0 radical (unpaired) electrons. The van der Waals surface area contributed by atoms with Crippen LogP contribution in [0.2, 0.25) is 0 Å². The number of ether oxygens (including phenoxy) is 3. The highest BCUT2D eigenvalue weighted by molar-refractivity contribution is 7.99. The van der Waals surface area contributed by atoms with Crippen LogP contribution in [-0.2, 0) is 15.9 Å². The van der Waals surface area contributed by atoms with Crippen LogP contribution in [0.3, 0.4) is 0 Å². The van der Waals surface area contributed by atoms with Gasteiger partial charge < -0.3 is 14.2 Å². The average Bonchev–Trinajstić information content (AvgIpc) is 3.26. The SMILES string of the molecule is FCCCCSCCCCCOc1ccc(C2CCC(OC3CCCCO3)=CC(Cc3ccccc3)C2c2ccccc2)cc1. The number of alkyl halides is 1. The van der Waals surface area contributed by atoms with Crippen LogP contribution in [0, 0.1) is 5.92 Å². The van der Waals surface area contributed by atoms with E-state index in [0.717, 1.165) is 87.6 Å². The maximum Gasteiger partial charge on any atom is 0.199 e. The number of benzene rings is 3. The molecule has 3 nitrogen and oxygen atoms in total. The predicted molar refractivity (Wildman–Crippen MR) is 186 cm³/mol. The molecule has 0 spiro atoms. The Morgan fingerprint density at radius 2 is 1.51 bits per heavy atom. The summed E-state index contributed by atoms with van der Waals surface area (Å²) in [7, 11) is 0. The van der Waals surface area contributed by atoms with Gasteiger partial charge in [0.2, 0.25) is 0 Å². The van der Waals surface area contributed by atoms with Gasteiger partial charge in [-0.25, -0.2) is 0 Å². The molecule has 0 aromatic heterocycles. The molecule has 0 amide bonds. The van der Waals surface area contributed by atoms with Gasteiger partial charge in [0.25, 0.3) is 0 Å². The third kappa shape index (κ3) is 10.9. The Hall–Kier alpha value is -2.76. The Labute approximate surface area is 275 Å². The standard InChI is InChI=1S/C40H51FO3S/c41-25-9-13-29-45-28-12-3-10-26-42-36-21-19-33(20-22-36)38-24-23-37(44-39-18-8-11-27-43-39)31-35(30-32-14-4-1-5-15-32)40(38)34-16-6-2-7-17-34/h1-2,4-7,14-17,19-22,31,35,38-40H,3,8-13,18,23-30H2. The Bertz CT molecular complexity index is 1240.